The molecule has 19 heavy (non-hydrogen) atoms. The highest BCUT2D eigenvalue weighted by atomic mass is 16.1. The van der Waals surface area contributed by atoms with Crippen molar-refractivity contribution in [2.24, 2.45) is 5.92 Å². The summed E-state index contributed by atoms with van der Waals surface area (Å²) in [5, 5.41) is 0. The Morgan fingerprint density at radius 1 is 0.947 bits per heavy atom. The Morgan fingerprint density at radius 2 is 1.53 bits per heavy atom. The van der Waals surface area contributed by atoms with Gasteiger partial charge in [0.2, 0.25) is 0 Å². The largest absolute Gasteiger partial charge is 0.294 e. The molecule has 0 bridgehead atoms. The van der Waals surface area contributed by atoms with E-state index >= 15 is 0 Å². The second-order valence-corrected chi connectivity index (χ2v) is 6.85. The average molecular weight is 256 g/mol. The van der Waals surface area contributed by atoms with Gasteiger partial charge in [-0.15, -0.1) is 0 Å². The van der Waals surface area contributed by atoms with Crippen molar-refractivity contribution in [1.29, 1.82) is 0 Å². The fraction of sp³-hybridized carbons (Fsp3) is 0.611. The monoisotopic (exact) mass is 256 g/mol. The van der Waals surface area contributed by atoms with E-state index in [2.05, 4.69) is 39.8 Å². The second kappa shape index (κ2) is 4.47. The zero-order valence-corrected chi connectivity index (χ0v) is 12.5. The topological polar surface area (TPSA) is 17.1 Å². The van der Waals surface area contributed by atoms with Crippen LogP contribution in [0, 0.1) is 5.92 Å². The molecule has 0 saturated heterocycles. The van der Waals surface area contributed by atoms with Crippen LogP contribution in [0.15, 0.2) is 12.1 Å². The standard InChI is InChI=1S/C18H24O/c1-10(2)12-8-9-13(11(3)4)17-16(12)14-6-5-7-15(14)18(17)19/h8-11,14-15H,5-7H2,1-4H3. The quantitative estimate of drug-likeness (QED) is 0.726. The molecule has 0 N–H and O–H groups in total. The van der Waals surface area contributed by atoms with Gasteiger partial charge in [-0.2, -0.15) is 0 Å². The lowest BCUT2D eigenvalue weighted by atomic mass is 9.84. The van der Waals surface area contributed by atoms with Crippen LogP contribution in [-0.4, -0.2) is 5.78 Å². The summed E-state index contributed by atoms with van der Waals surface area (Å²) >= 11 is 0. The van der Waals surface area contributed by atoms with Gasteiger partial charge in [0.15, 0.2) is 5.78 Å². The lowest BCUT2D eigenvalue weighted by Crippen LogP contribution is -2.09. The molecule has 0 aromatic heterocycles. The Labute approximate surface area is 116 Å². The maximum atomic E-state index is 12.8. The van der Waals surface area contributed by atoms with E-state index in [1.54, 1.807) is 0 Å². The highest BCUT2D eigenvalue weighted by Crippen LogP contribution is 2.52. The van der Waals surface area contributed by atoms with Crippen molar-refractivity contribution < 1.29 is 4.79 Å². The number of rotatable bonds is 2. The van der Waals surface area contributed by atoms with Gasteiger partial charge in [-0.1, -0.05) is 46.2 Å². The number of ketones is 1. The summed E-state index contributed by atoms with van der Waals surface area (Å²) in [5.74, 6) is 2.23. The van der Waals surface area contributed by atoms with E-state index in [0.29, 0.717) is 29.5 Å². The van der Waals surface area contributed by atoms with E-state index in [0.717, 1.165) is 12.0 Å². The van der Waals surface area contributed by atoms with Crippen LogP contribution in [0.25, 0.3) is 0 Å². The molecule has 1 nitrogen and oxygen atoms in total. The molecule has 1 aromatic carbocycles. The summed E-state index contributed by atoms with van der Waals surface area (Å²) in [4.78, 5) is 12.8. The van der Waals surface area contributed by atoms with Gasteiger partial charge in [0.25, 0.3) is 0 Å². The molecular formula is C18H24O. The maximum absolute atomic E-state index is 12.8. The van der Waals surface area contributed by atoms with Crippen molar-refractivity contribution in [3.8, 4) is 0 Å². The molecule has 0 amide bonds. The minimum absolute atomic E-state index is 0.299. The first-order valence-electron chi connectivity index (χ1n) is 7.73. The van der Waals surface area contributed by atoms with Crippen LogP contribution in [0.4, 0.5) is 0 Å². The van der Waals surface area contributed by atoms with E-state index < -0.39 is 0 Å². The van der Waals surface area contributed by atoms with Crippen molar-refractivity contribution in [1.82, 2.24) is 0 Å². The molecule has 3 rings (SSSR count). The van der Waals surface area contributed by atoms with Crippen molar-refractivity contribution in [2.45, 2.75) is 64.7 Å². The van der Waals surface area contributed by atoms with Gasteiger partial charge < -0.3 is 0 Å². The first-order valence-corrected chi connectivity index (χ1v) is 7.73. The molecule has 2 aliphatic rings. The first-order chi connectivity index (χ1) is 9.02. The number of carbonyl (C=O) groups is 1. The fourth-order valence-electron chi connectivity index (χ4n) is 4.12. The Balaban J connectivity index is 2.25. The third kappa shape index (κ3) is 1.78. The smallest absolute Gasteiger partial charge is 0.167 e. The van der Waals surface area contributed by atoms with Crippen LogP contribution < -0.4 is 0 Å². The Kier molecular flexibility index (Phi) is 3.03. The molecule has 1 saturated carbocycles. The molecule has 1 heteroatoms. The highest BCUT2D eigenvalue weighted by Gasteiger charge is 2.45. The summed E-state index contributed by atoms with van der Waals surface area (Å²) in [7, 11) is 0. The van der Waals surface area contributed by atoms with Crippen LogP contribution >= 0.6 is 0 Å². The van der Waals surface area contributed by atoms with E-state index in [1.165, 1.54) is 29.5 Å². The molecule has 1 aromatic rings. The molecule has 0 spiro atoms. The zero-order chi connectivity index (χ0) is 13.7. The molecule has 2 unspecified atom stereocenters. The van der Waals surface area contributed by atoms with Gasteiger partial charge in [-0.05, 0) is 47.3 Å². The normalized spacial score (nSPS) is 25.3. The van der Waals surface area contributed by atoms with Crippen LogP contribution in [0.1, 0.15) is 91.8 Å². The first kappa shape index (κ1) is 12.9. The molecule has 0 radical (unpaired) electrons. The molecular weight excluding hydrogens is 232 g/mol. The number of benzene rings is 1. The molecule has 2 aliphatic carbocycles. The maximum Gasteiger partial charge on any atom is 0.167 e. The van der Waals surface area contributed by atoms with Gasteiger partial charge in [0.1, 0.15) is 0 Å². The summed E-state index contributed by atoms with van der Waals surface area (Å²) in [5.41, 5.74) is 5.23. The van der Waals surface area contributed by atoms with Gasteiger partial charge in [0.05, 0.1) is 0 Å². The minimum atomic E-state index is 0.299. The Bertz CT molecular complexity index is 525. The predicted octanol–water partition coefficient (Wildman–Crippen LogP) is 5.01. The Hall–Kier alpha value is -1.11. The van der Waals surface area contributed by atoms with E-state index in [4.69, 9.17) is 0 Å². The number of Topliss-reactive ketones (excluding diaryl/α,β-unsaturated/α-hetero) is 1. The average Bonchev–Trinajstić information content (AvgIpc) is 2.92. The lowest BCUT2D eigenvalue weighted by Gasteiger charge is -2.19. The molecule has 1 fully saturated rings. The molecule has 102 valence electrons. The number of hydrogen-bond acceptors (Lipinski definition) is 1. The molecule has 0 heterocycles. The van der Waals surface area contributed by atoms with E-state index in [-0.39, 0.29) is 0 Å². The number of hydrogen-bond donors (Lipinski definition) is 0. The van der Waals surface area contributed by atoms with E-state index in [9.17, 15) is 4.79 Å². The summed E-state index contributed by atoms with van der Waals surface area (Å²) < 4.78 is 0. The van der Waals surface area contributed by atoms with Crippen molar-refractivity contribution >= 4 is 5.78 Å². The van der Waals surface area contributed by atoms with Gasteiger partial charge in [0, 0.05) is 11.5 Å². The predicted molar refractivity (Wildman–Crippen MR) is 79.0 cm³/mol. The van der Waals surface area contributed by atoms with Crippen LogP contribution in [0.2, 0.25) is 0 Å². The van der Waals surface area contributed by atoms with Gasteiger partial charge >= 0.3 is 0 Å². The number of carbonyl (C=O) groups excluding carboxylic acids is 1. The van der Waals surface area contributed by atoms with Crippen molar-refractivity contribution in [3.05, 3.63) is 34.4 Å². The fourth-order valence-corrected chi connectivity index (χ4v) is 4.12. The van der Waals surface area contributed by atoms with Crippen LogP contribution in [0.3, 0.4) is 0 Å². The van der Waals surface area contributed by atoms with E-state index in [1.807, 2.05) is 0 Å². The third-order valence-electron chi connectivity index (χ3n) is 5.03. The molecule has 0 aliphatic heterocycles. The molecule has 2 atom stereocenters. The van der Waals surface area contributed by atoms with Crippen molar-refractivity contribution in [2.75, 3.05) is 0 Å². The van der Waals surface area contributed by atoms with Gasteiger partial charge in [-0.3, -0.25) is 4.79 Å². The summed E-state index contributed by atoms with van der Waals surface area (Å²) in [6.45, 7) is 8.90. The highest BCUT2D eigenvalue weighted by molar-refractivity contribution is 6.05. The van der Waals surface area contributed by atoms with Crippen molar-refractivity contribution in [3.63, 3.8) is 0 Å². The zero-order valence-electron chi connectivity index (χ0n) is 12.5. The lowest BCUT2D eigenvalue weighted by molar-refractivity contribution is 0.0931. The van der Waals surface area contributed by atoms with Gasteiger partial charge in [-0.25, -0.2) is 0 Å². The minimum Gasteiger partial charge on any atom is -0.294 e. The van der Waals surface area contributed by atoms with Crippen LogP contribution in [0.5, 0.6) is 0 Å². The Morgan fingerprint density at radius 3 is 2.16 bits per heavy atom. The SMILES string of the molecule is CC(C)c1ccc(C(C)C)c2c1C(=O)C1CCCC21. The third-order valence-corrected chi connectivity index (χ3v) is 5.03. The summed E-state index contributed by atoms with van der Waals surface area (Å²) in [6, 6.07) is 4.49. The second-order valence-electron chi connectivity index (χ2n) is 6.85. The summed E-state index contributed by atoms with van der Waals surface area (Å²) in [6.07, 6.45) is 3.54. The number of fused-ring (bicyclic) bond motifs is 3. The van der Waals surface area contributed by atoms with Crippen LogP contribution in [-0.2, 0) is 0 Å².